The van der Waals surface area contributed by atoms with Crippen LogP contribution in [0.5, 0.6) is 0 Å². The van der Waals surface area contributed by atoms with Crippen LogP contribution < -0.4 is 5.32 Å². The molecule has 1 heterocycles. The Morgan fingerprint density at radius 2 is 2.10 bits per heavy atom. The molecule has 1 aliphatic rings. The maximum absolute atomic E-state index is 3.57. The van der Waals surface area contributed by atoms with Crippen LogP contribution in [0.15, 0.2) is 0 Å². The van der Waals surface area contributed by atoms with Gasteiger partial charge in [0.25, 0.3) is 0 Å². The molecule has 0 saturated carbocycles. The molecular weight excluding hydrogens is 146 g/mol. The molecule has 2 unspecified atom stereocenters. The lowest BCUT2D eigenvalue weighted by molar-refractivity contribution is 0.329. The molecule has 2 heteroatoms. The summed E-state index contributed by atoms with van der Waals surface area (Å²) in [5, 5.41) is 3.57. The Hall–Kier alpha value is 0.250. The van der Waals surface area contributed by atoms with E-state index >= 15 is 0 Å². The predicted molar refractivity (Wildman–Crippen MR) is 47.8 cm³/mol. The van der Waals surface area contributed by atoms with E-state index in [-0.39, 0.29) is 12.4 Å². The first kappa shape index (κ1) is 10.2. The van der Waals surface area contributed by atoms with Crippen LogP contribution in [0.4, 0.5) is 0 Å². The molecule has 0 aliphatic carbocycles. The van der Waals surface area contributed by atoms with Gasteiger partial charge in [0.2, 0.25) is 0 Å². The maximum atomic E-state index is 3.57. The van der Waals surface area contributed by atoms with Crippen molar-refractivity contribution < 1.29 is 0 Å². The molecule has 1 N–H and O–H groups in total. The van der Waals surface area contributed by atoms with Crippen LogP contribution >= 0.6 is 12.4 Å². The highest BCUT2D eigenvalue weighted by atomic mass is 35.5. The third-order valence-corrected chi connectivity index (χ3v) is 2.20. The lowest BCUT2D eigenvalue weighted by atomic mass is 9.98. The highest BCUT2D eigenvalue weighted by Crippen LogP contribution is 2.13. The summed E-state index contributed by atoms with van der Waals surface area (Å²) >= 11 is 0. The van der Waals surface area contributed by atoms with Gasteiger partial charge in [-0.2, -0.15) is 0 Å². The van der Waals surface area contributed by atoms with Crippen molar-refractivity contribution >= 4 is 12.4 Å². The average molecular weight is 164 g/mol. The smallest absolute Gasteiger partial charge is 0.00669 e. The third-order valence-electron chi connectivity index (χ3n) is 2.20. The lowest BCUT2D eigenvalue weighted by Gasteiger charge is -2.27. The van der Waals surface area contributed by atoms with Crippen LogP contribution in [0.25, 0.3) is 0 Å². The van der Waals surface area contributed by atoms with Crippen molar-refractivity contribution in [2.45, 2.75) is 51.6 Å². The first-order valence-corrected chi connectivity index (χ1v) is 4.09. The predicted octanol–water partition coefficient (Wildman–Crippen LogP) is 2.35. The van der Waals surface area contributed by atoms with E-state index in [9.17, 15) is 0 Å². The molecule has 0 aromatic rings. The molecule has 10 heavy (non-hydrogen) atoms. The second-order valence-electron chi connectivity index (χ2n) is 3.10. The molecule has 0 bridgehead atoms. The fourth-order valence-corrected chi connectivity index (χ4v) is 1.56. The molecule has 1 saturated heterocycles. The van der Waals surface area contributed by atoms with Crippen molar-refractivity contribution in [1.82, 2.24) is 5.32 Å². The normalized spacial score (nSPS) is 33.0. The number of nitrogens with one attached hydrogen (secondary N) is 1. The fraction of sp³-hybridized carbons (Fsp3) is 1.00. The van der Waals surface area contributed by atoms with Gasteiger partial charge < -0.3 is 5.32 Å². The van der Waals surface area contributed by atoms with Gasteiger partial charge in [-0.25, -0.2) is 0 Å². The molecule has 0 aromatic heterocycles. The van der Waals surface area contributed by atoms with Crippen LogP contribution in [0.2, 0.25) is 0 Å². The van der Waals surface area contributed by atoms with E-state index in [1.165, 1.54) is 25.7 Å². The van der Waals surface area contributed by atoms with Crippen molar-refractivity contribution in [3.05, 3.63) is 0 Å². The molecule has 1 nitrogen and oxygen atoms in total. The highest BCUT2D eigenvalue weighted by Gasteiger charge is 2.14. The van der Waals surface area contributed by atoms with Gasteiger partial charge in [0.1, 0.15) is 0 Å². The fourth-order valence-electron chi connectivity index (χ4n) is 1.56. The Labute approximate surface area is 70.0 Å². The molecule has 0 aromatic carbocycles. The van der Waals surface area contributed by atoms with Crippen molar-refractivity contribution in [3.8, 4) is 0 Å². The number of halogens is 1. The monoisotopic (exact) mass is 163 g/mol. The van der Waals surface area contributed by atoms with E-state index in [0.29, 0.717) is 0 Å². The Bertz CT molecular complexity index is 85.3. The summed E-state index contributed by atoms with van der Waals surface area (Å²) in [5.74, 6) is 0. The van der Waals surface area contributed by atoms with E-state index < -0.39 is 0 Å². The zero-order valence-corrected chi connectivity index (χ0v) is 7.71. The van der Waals surface area contributed by atoms with Crippen molar-refractivity contribution in [1.29, 1.82) is 0 Å². The summed E-state index contributed by atoms with van der Waals surface area (Å²) in [6.07, 6.45) is 5.48. The van der Waals surface area contributed by atoms with E-state index in [1.54, 1.807) is 0 Å². The first-order chi connectivity index (χ1) is 4.33. The minimum absolute atomic E-state index is 0. The van der Waals surface area contributed by atoms with Gasteiger partial charge in [-0.3, -0.25) is 0 Å². The second-order valence-corrected chi connectivity index (χ2v) is 3.10. The van der Waals surface area contributed by atoms with Crippen LogP contribution in [0.3, 0.4) is 0 Å². The molecule has 1 rings (SSSR count). The summed E-state index contributed by atoms with van der Waals surface area (Å²) in [7, 11) is 0. The first-order valence-electron chi connectivity index (χ1n) is 4.09. The Balaban J connectivity index is 0.000000810. The van der Waals surface area contributed by atoms with Crippen LogP contribution in [0, 0.1) is 0 Å². The standard InChI is InChI=1S/C8H17N.ClH/c1-3-8-6-4-5-7(2)9-8;/h7-9H,3-6H2,1-2H3;1H. The van der Waals surface area contributed by atoms with Crippen LogP contribution in [0.1, 0.15) is 39.5 Å². The number of hydrogen-bond acceptors (Lipinski definition) is 1. The maximum Gasteiger partial charge on any atom is 0.00669 e. The zero-order chi connectivity index (χ0) is 6.69. The quantitative estimate of drug-likeness (QED) is 0.626. The number of hydrogen-bond donors (Lipinski definition) is 1. The number of piperidine rings is 1. The molecule has 1 fully saturated rings. The summed E-state index contributed by atoms with van der Waals surface area (Å²) in [6.45, 7) is 4.54. The van der Waals surface area contributed by atoms with E-state index in [0.717, 1.165) is 12.1 Å². The average Bonchev–Trinajstić information content (AvgIpc) is 1.88. The minimum Gasteiger partial charge on any atom is -0.312 e. The van der Waals surface area contributed by atoms with Crippen LogP contribution in [-0.2, 0) is 0 Å². The van der Waals surface area contributed by atoms with E-state index in [4.69, 9.17) is 0 Å². The number of rotatable bonds is 1. The van der Waals surface area contributed by atoms with Crippen LogP contribution in [-0.4, -0.2) is 12.1 Å². The topological polar surface area (TPSA) is 12.0 Å². The summed E-state index contributed by atoms with van der Waals surface area (Å²) in [5.41, 5.74) is 0. The summed E-state index contributed by atoms with van der Waals surface area (Å²) in [4.78, 5) is 0. The van der Waals surface area contributed by atoms with E-state index in [2.05, 4.69) is 19.2 Å². The SMILES string of the molecule is CCC1CCCC(C)N1.Cl. The van der Waals surface area contributed by atoms with Gasteiger partial charge in [0.05, 0.1) is 0 Å². The molecule has 0 radical (unpaired) electrons. The molecule has 2 atom stereocenters. The van der Waals surface area contributed by atoms with Gasteiger partial charge >= 0.3 is 0 Å². The Morgan fingerprint density at radius 3 is 2.50 bits per heavy atom. The summed E-state index contributed by atoms with van der Waals surface area (Å²) in [6, 6.07) is 1.58. The zero-order valence-electron chi connectivity index (χ0n) is 6.89. The second kappa shape index (κ2) is 4.97. The van der Waals surface area contributed by atoms with Gasteiger partial charge in [0, 0.05) is 12.1 Å². The van der Waals surface area contributed by atoms with Crippen molar-refractivity contribution in [2.75, 3.05) is 0 Å². The Morgan fingerprint density at radius 1 is 1.40 bits per heavy atom. The van der Waals surface area contributed by atoms with Gasteiger partial charge in [-0.1, -0.05) is 13.3 Å². The molecule has 0 amide bonds. The third kappa shape index (κ3) is 2.89. The van der Waals surface area contributed by atoms with Gasteiger partial charge in [-0.15, -0.1) is 12.4 Å². The minimum atomic E-state index is 0. The molecular formula is C8H18ClN. The van der Waals surface area contributed by atoms with Gasteiger partial charge in [-0.05, 0) is 26.2 Å². The lowest BCUT2D eigenvalue weighted by Crippen LogP contribution is -2.39. The highest BCUT2D eigenvalue weighted by molar-refractivity contribution is 5.85. The van der Waals surface area contributed by atoms with E-state index in [1.807, 2.05) is 0 Å². The largest absolute Gasteiger partial charge is 0.312 e. The molecule has 1 aliphatic heterocycles. The molecule has 62 valence electrons. The Kier molecular flexibility index (Phi) is 5.10. The van der Waals surface area contributed by atoms with Crippen molar-refractivity contribution in [3.63, 3.8) is 0 Å². The summed E-state index contributed by atoms with van der Waals surface area (Å²) < 4.78 is 0. The van der Waals surface area contributed by atoms with Crippen molar-refractivity contribution in [2.24, 2.45) is 0 Å². The molecule has 0 spiro atoms. The van der Waals surface area contributed by atoms with Gasteiger partial charge in [0.15, 0.2) is 0 Å².